The van der Waals surface area contributed by atoms with E-state index in [9.17, 15) is 9.90 Å². The van der Waals surface area contributed by atoms with Crippen molar-refractivity contribution in [3.8, 4) is 11.5 Å². The van der Waals surface area contributed by atoms with Crippen LogP contribution in [0.15, 0.2) is 164 Å². The predicted molar refractivity (Wildman–Crippen MR) is 237 cm³/mol. The van der Waals surface area contributed by atoms with Crippen LogP contribution in [0.4, 0.5) is 33.2 Å². The monoisotopic (exact) mass is 779 g/mol. The molecular weight excluding hydrogens is 739 g/mol. The number of para-hydroxylation sites is 4. The van der Waals surface area contributed by atoms with Gasteiger partial charge in [-0.15, -0.1) is 0 Å². The van der Waals surface area contributed by atoms with Crippen molar-refractivity contribution in [2.24, 2.45) is 0 Å². The van der Waals surface area contributed by atoms with Crippen molar-refractivity contribution < 1.29 is 24.1 Å². The molecular formula is C49H41N5O5. The van der Waals surface area contributed by atoms with Gasteiger partial charge in [0.2, 0.25) is 0 Å². The van der Waals surface area contributed by atoms with Crippen molar-refractivity contribution in [1.82, 2.24) is 9.97 Å². The van der Waals surface area contributed by atoms with E-state index in [2.05, 4.69) is 40.2 Å². The summed E-state index contributed by atoms with van der Waals surface area (Å²) in [6.07, 6.45) is -0.574. The lowest BCUT2D eigenvalue weighted by Gasteiger charge is -2.14. The number of nitrogens with zero attached hydrogens (tertiary/aromatic N) is 2. The summed E-state index contributed by atoms with van der Waals surface area (Å²) in [6.45, 7) is 0.146. The lowest BCUT2D eigenvalue weighted by Crippen LogP contribution is -2.13. The van der Waals surface area contributed by atoms with E-state index in [1.165, 1.54) is 0 Å². The second-order valence-corrected chi connectivity index (χ2v) is 13.7. The van der Waals surface area contributed by atoms with Crippen LogP contribution < -0.4 is 25.4 Å². The first kappa shape index (κ1) is 38.2. The Kier molecular flexibility index (Phi) is 11.4. The van der Waals surface area contributed by atoms with Crippen LogP contribution in [-0.4, -0.2) is 35.4 Å². The molecule has 0 aliphatic rings. The van der Waals surface area contributed by atoms with Gasteiger partial charge < -0.3 is 30.0 Å². The molecule has 2 heterocycles. The Labute approximate surface area is 341 Å². The average Bonchev–Trinajstić information content (AvgIpc) is 3.28. The van der Waals surface area contributed by atoms with Crippen LogP contribution in [0.25, 0.3) is 43.6 Å². The second kappa shape index (κ2) is 17.6. The number of pyridine rings is 2. The van der Waals surface area contributed by atoms with Crippen molar-refractivity contribution in [2.75, 3.05) is 30.2 Å². The average molecular weight is 780 g/mol. The van der Waals surface area contributed by atoms with Gasteiger partial charge in [-0.2, -0.15) is 0 Å². The quantitative estimate of drug-likeness (QED) is 0.100. The normalized spacial score (nSPS) is 10.8. The van der Waals surface area contributed by atoms with Gasteiger partial charge in [0, 0.05) is 51.1 Å². The fourth-order valence-corrected chi connectivity index (χ4v) is 6.91. The first-order valence-electron chi connectivity index (χ1n) is 19.0. The van der Waals surface area contributed by atoms with Crippen LogP contribution in [0.1, 0.15) is 11.1 Å². The predicted octanol–water partition coefficient (Wildman–Crippen LogP) is 11.5. The molecule has 0 spiro atoms. The first-order chi connectivity index (χ1) is 29.0. The Hall–Kier alpha value is -7.69. The number of hydrogen-bond donors (Lipinski definition) is 4. The molecule has 7 aromatic carbocycles. The fraction of sp³-hybridized carbons (Fsp3) is 0.0816. The van der Waals surface area contributed by atoms with E-state index in [4.69, 9.17) is 24.2 Å². The Morgan fingerprint density at radius 3 is 1.37 bits per heavy atom. The highest BCUT2D eigenvalue weighted by Gasteiger charge is 2.12. The Morgan fingerprint density at radius 2 is 0.932 bits per heavy atom. The zero-order valence-electron chi connectivity index (χ0n) is 32.5. The molecule has 292 valence electrons. The van der Waals surface area contributed by atoms with Gasteiger partial charge in [-0.1, -0.05) is 97.1 Å². The van der Waals surface area contributed by atoms with E-state index < -0.39 is 6.09 Å². The summed E-state index contributed by atoms with van der Waals surface area (Å²) < 4.78 is 15.9. The molecule has 0 aliphatic heterocycles. The largest absolute Gasteiger partial charge is 0.497 e. The standard InChI is InChI=1S/C29H25N3O4.C20H16N2O/c1-34-22-15-21(16-23(17-22)35-2)31-29(33)36-18-19-8-7-9-20(14-19)30-28-24-10-3-5-12-26(24)32-27-13-6-4-11-25(27)28;23-13-14-6-5-7-15(12-14)21-20-16-8-1-3-10-18(16)22-19-11-4-2-9-17(19)20/h3-17H,18H2,1-2H3,(H,30,32)(H,31,33);1-12,23H,13H2,(H,21,22). The third-order valence-corrected chi connectivity index (χ3v) is 9.72. The molecule has 0 radical (unpaired) electrons. The van der Waals surface area contributed by atoms with Crippen molar-refractivity contribution in [3.63, 3.8) is 0 Å². The maximum Gasteiger partial charge on any atom is 0.411 e. The molecule has 2 aromatic heterocycles. The molecule has 0 unspecified atom stereocenters. The lowest BCUT2D eigenvalue weighted by atomic mass is 10.1. The maximum atomic E-state index is 12.4. The van der Waals surface area contributed by atoms with Crippen LogP contribution >= 0.6 is 0 Å². The van der Waals surface area contributed by atoms with Crippen LogP contribution in [0.2, 0.25) is 0 Å². The smallest absolute Gasteiger partial charge is 0.411 e. The molecule has 9 aromatic rings. The highest BCUT2D eigenvalue weighted by molar-refractivity contribution is 6.09. The SMILES string of the molecule is COc1cc(NC(=O)OCc2cccc(Nc3c4ccccc4nc4ccccc34)c2)cc(OC)c1.OCc1cccc(Nc2c3ccccc3nc3ccccc23)c1. The van der Waals surface area contributed by atoms with Crippen molar-refractivity contribution >= 4 is 78.1 Å². The van der Waals surface area contributed by atoms with E-state index in [0.717, 1.165) is 77.5 Å². The van der Waals surface area contributed by atoms with Crippen molar-refractivity contribution in [3.05, 3.63) is 175 Å². The van der Waals surface area contributed by atoms with Gasteiger partial charge in [-0.3, -0.25) is 5.32 Å². The van der Waals surface area contributed by atoms with Gasteiger partial charge in [0.1, 0.15) is 18.1 Å². The number of aromatic nitrogens is 2. The summed E-state index contributed by atoms with van der Waals surface area (Å²) in [4.78, 5) is 21.9. The Balaban J connectivity index is 0.000000180. The number of methoxy groups -OCH3 is 2. The summed E-state index contributed by atoms with van der Waals surface area (Å²) in [5.41, 5.74) is 9.89. The number of ether oxygens (including phenoxy) is 3. The molecule has 0 bridgehead atoms. The zero-order valence-corrected chi connectivity index (χ0v) is 32.5. The molecule has 0 atom stereocenters. The molecule has 4 N–H and O–H groups in total. The molecule has 59 heavy (non-hydrogen) atoms. The zero-order chi connectivity index (χ0) is 40.6. The lowest BCUT2D eigenvalue weighted by molar-refractivity contribution is 0.155. The number of fused-ring (bicyclic) bond motifs is 4. The molecule has 10 nitrogen and oxygen atoms in total. The molecule has 10 heteroatoms. The summed E-state index contributed by atoms with van der Waals surface area (Å²) in [7, 11) is 3.10. The third-order valence-electron chi connectivity index (χ3n) is 9.72. The third kappa shape index (κ3) is 8.83. The highest BCUT2D eigenvalue weighted by atomic mass is 16.5. The number of carbonyl (C=O) groups excluding carboxylic acids is 1. The van der Waals surface area contributed by atoms with Gasteiger partial charge >= 0.3 is 6.09 Å². The number of anilines is 5. The van der Waals surface area contributed by atoms with Gasteiger partial charge in [-0.25, -0.2) is 14.8 Å². The fourth-order valence-electron chi connectivity index (χ4n) is 6.91. The molecule has 0 aliphatic carbocycles. The molecule has 1 amide bonds. The number of hydrogen-bond acceptors (Lipinski definition) is 9. The minimum atomic E-state index is -0.574. The number of aliphatic hydroxyl groups is 1. The maximum absolute atomic E-state index is 12.4. The molecule has 0 saturated carbocycles. The van der Waals surface area contributed by atoms with Crippen LogP contribution in [0, 0.1) is 0 Å². The molecule has 9 rings (SSSR count). The van der Waals surface area contributed by atoms with Crippen molar-refractivity contribution in [2.45, 2.75) is 13.2 Å². The topological polar surface area (TPSA) is 127 Å². The van der Waals surface area contributed by atoms with Crippen LogP contribution in [-0.2, 0) is 18.0 Å². The van der Waals surface area contributed by atoms with Gasteiger partial charge in [0.25, 0.3) is 0 Å². The van der Waals surface area contributed by atoms with Crippen molar-refractivity contribution in [1.29, 1.82) is 0 Å². The molecule has 0 fully saturated rings. The Morgan fingerprint density at radius 1 is 0.508 bits per heavy atom. The van der Waals surface area contributed by atoms with E-state index in [-0.39, 0.29) is 13.2 Å². The van der Waals surface area contributed by atoms with Gasteiger partial charge in [0.05, 0.1) is 60.0 Å². The van der Waals surface area contributed by atoms with Gasteiger partial charge in [-0.05, 0) is 59.7 Å². The number of rotatable bonds is 10. The van der Waals surface area contributed by atoms with E-state index in [1.54, 1.807) is 32.4 Å². The number of carbonyl (C=O) groups is 1. The minimum absolute atomic E-state index is 0.0351. The van der Waals surface area contributed by atoms with E-state index >= 15 is 0 Å². The minimum Gasteiger partial charge on any atom is -0.497 e. The number of benzene rings is 7. The highest BCUT2D eigenvalue weighted by Crippen LogP contribution is 2.35. The van der Waals surface area contributed by atoms with Crippen LogP contribution in [0.5, 0.6) is 11.5 Å². The number of amides is 1. The second-order valence-electron chi connectivity index (χ2n) is 13.7. The first-order valence-corrected chi connectivity index (χ1v) is 19.0. The summed E-state index contributed by atoms with van der Waals surface area (Å²) in [5, 5.41) is 23.4. The van der Waals surface area contributed by atoms with Crippen LogP contribution in [0.3, 0.4) is 0 Å². The number of aliphatic hydroxyl groups excluding tert-OH is 1. The van der Waals surface area contributed by atoms with E-state index in [0.29, 0.717) is 17.2 Å². The van der Waals surface area contributed by atoms with E-state index in [1.807, 2.05) is 121 Å². The van der Waals surface area contributed by atoms with Gasteiger partial charge in [0.15, 0.2) is 0 Å². The summed E-state index contributed by atoms with van der Waals surface area (Å²) >= 11 is 0. The Bertz CT molecular complexity index is 2810. The summed E-state index contributed by atoms with van der Waals surface area (Å²) in [5.74, 6) is 1.14. The molecule has 0 saturated heterocycles. The number of nitrogens with one attached hydrogen (secondary N) is 3. The summed E-state index contributed by atoms with van der Waals surface area (Å²) in [6, 6.07) is 53.1.